The Balaban J connectivity index is 1.56. The minimum Gasteiger partial charge on any atom is -0.396 e. The molecule has 3 unspecified atom stereocenters. The van der Waals surface area contributed by atoms with Gasteiger partial charge in [0.25, 0.3) is 0 Å². The van der Waals surface area contributed by atoms with Gasteiger partial charge >= 0.3 is 0 Å². The molecule has 1 aromatic heterocycles. The third-order valence-corrected chi connectivity index (χ3v) is 9.41. The van der Waals surface area contributed by atoms with Gasteiger partial charge in [-0.05, 0) is 44.2 Å². The number of carbonyl (C=O) groups excluding carboxylic acids is 3. The molecule has 2 aromatic rings. The Morgan fingerprint density at radius 1 is 1.19 bits per heavy atom. The first kappa shape index (κ1) is 29.9. The first-order valence-corrected chi connectivity index (χ1v) is 14.9. The molecule has 0 aliphatic carbocycles. The van der Waals surface area contributed by atoms with Gasteiger partial charge in [0, 0.05) is 32.8 Å². The quantitative estimate of drug-likeness (QED) is 0.362. The number of carbonyl (C=O) groups is 3. The number of hydrogen-bond acceptors (Lipinski definition) is 7. The Hall–Kier alpha value is -3.57. The fourth-order valence-electron chi connectivity index (χ4n) is 7.52. The number of ether oxygens (including phenoxy) is 1. The molecule has 4 heterocycles. The zero-order chi connectivity index (χ0) is 30.2. The van der Waals surface area contributed by atoms with Crippen LogP contribution < -0.4 is 0 Å². The number of amides is 3. The number of aliphatic hydroxyl groups excluding tert-OH is 1. The lowest BCUT2D eigenvalue weighted by molar-refractivity contribution is -0.155. The molecule has 3 aliphatic heterocycles. The lowest BCUT2D eigenvalue weighted by atomic mass is 9.62. The number of rotatable bonds is 13. The number of para-hydroxylation sites is 1. The van der Waals surface area contributed by atoms with E-state index in [1.165, 1.54) is 0 Å². The predicted molar refractivity (Wildman–Crippen MR) is 157 cm³/mol. The first-order valence-electron chi connectivity index (χ1n) is 14.9. The van der Waals surface area contributed by atoms with E-state index in [1.807, 2.05) is 45.0 Å². The van der Waals surface area contributed by atoms with Gasteiger partial charge in [-0.3, -0.25) is 14.4 Å². The number of fused-ring (bicyclic) bond motifs is 2. The molecule has 226 valence electrons. The van der Waals surface area contributed by atoms with Crippen molar-refractivity contribution in [2.45, 2.75) is 63.9 Å². The molecule has 0 saturated carbocycles. The molecule has 1 aromatic carbocycles. The molecule has 1 N–H and O–H groups in total. The van der Waals surface area contributed by atoms with E-state index in [4.69, 9.17) is 4.74 Å². The van der Waals surface area contributed by atoms with Crippen molar-refractivity contribution >= 4 is 28.8 Å². The van der Waals surface area contributed by atoms with Crippen LogP contribution in [0.15, 0.2) is 49.6 Å². The summed E-state index contributed by atoms with van der Waals surface area (Å²) in [5.74, 6) is -2.32. The van der Waals surface area contributed by atoms with Gasteiger partial charge in [-0.15, -0.1) is 18.3 Å². The van der Waals surface area contributed by atoms with Crippen LogP contribution in [0.5, 0.6) is 0 Å². The van der Waals surface area contributed by atoms with Crippen LogP contribution in [0.25, 0.3) is 11.0 Å². The van der Waals surface area contributed by atoms with Crippen LogP contribution >= 0.6 is 0 Å². The normalized spacial score (nSPS) is 29.6. The third-order valence-electron chi connectivity index (χ3n) is 9.41. The largest absolute Gasteiger partial charge is 0.396 e. The highest BCUT2D eigenvalue weighted by Crippen LogP contribution is 2.65. The second-order valence-corrected chi connectivity index (χ2v) is 12.0. The standard InChI is InChI=1S/C31H42N6O5/c1-6-14-34(15-7-2)27(39)24-25-28(40)36(17-11-18-38)26(31(25)19-21(4)30(24,5)42-31)29(41)35(16-8-3)20-37-23-13-10-9-12-22(23)32-33-37/h6,8-10,12-13,21,24-26,38H,1,3,7,11,14-20H2,2,4-5H3/t21?,24-,25-,26?,30+,31?/m0/s1. The summed E-state index contributed by atoms with van der Waals surface area (Å²) in [5, 5.41) is 18.2. The summed E-state index contributed by atoms with van der Waals surface area (Å²) in [6.45, 7) is 14.9. The monoisotopic (exact) mass is 578 g/mol. The average Bonchev–Trinajstić information content (AvgIpc) is 3.64. The molecule has 2 bridgehead atoms. The van der Waals surface area contributed by atoms with E-state index in [9.17, 15) is 19.5 Å². The van der Waals surface area contributed by atoms with Crippen LogP contribution in [0.4, 0.5) is 0 Å². The van der Waals surface area contributed by atoms with Crippen molar-refractivity contribution in [1.82, 2.24) is 29.7 Å². The van der Waals surface area contributed by atoms with Gasteiger partial charge in [-0.1, -0.05) is 43.3 Å². The number of aromatic nitrogens is 3. The molecule has 1 spiro atoms. The van der Waals surface area contributed by atoms with E-state index in [0.717, 1.165) is 11.9 Å². The van der Waals surface area contributed by atoms with Crippen molar-refractivity contribution in [2.24, 2.45) is 17.8 Å². The fraction of sp³-hybridized carbons (Fsp3) is 0.581. The van der Waals surface area contributed by atoms with Crippen molar-refractivity contribution in [3.8, 4) is 0 Å². The Morgan fingerprint density at radius 2 is 1.90 bits per heavy atom. The maximum Gasteiger partial charge on any atom is 0.250 e. The molecule has 11 heteroatoms. The summed E-state index contributed by atoms with van der Waals surface area (Å²) in [7, 11) is 0. The van der Waals surface area contributed by atoms with Gasteiger partial charge in [-0.25, -0.2) is 4.68 Å². The molecular weight excluding hydrogens is 536 g/mol. The molecule has 5 rings (SSSR count). The number of likely N-dealkylation sites (tertiary alicyclic amines) is 1. The molecule has 3 saturated heterocycles. The summed E-state index contributed by atoms with van der Waals surface area (Å²) in [6, 6.07) is 6.54. The molecule has 11 nitrogen and oxygen atoms in total. The molecule has 3 aliphatic rings. The van der Waals surface area contributed by atoms with Gasteiger partial charge in [-0.2, -0.15) is 0 Å². The van der Waals surface area contributed by atoms with Crippen LogP contribution in [0.2, 0.25) is 0 Å². The highest BCUT2D eigenvalue weighted by atomic mass is 16.5. The summed E-state index contributed by atoms with van der Waals surface area (Å²) in [5.41, 5.74) is -0.594. The predicted octanol–water partition coefficient (Wildman–Crippen LogP) is 2.22. The van der Waals surface area contributed by atoms with Crippen LogP contribution in [-0.4, -0.2) is 103 Å². The van der Waals surface area contributed by atoms with E-state index in [-0.39, 0.29) is 50.0 Å². The van der Waals surface area contributed by atoms with Gasteiger partial charge in [0.05, 0.1) is 23.0 Å². The Morgan fingerprint density at radius 3 is 2.60 bits per heavy atom. The highest BCUT2D eigenvalue weighted by Gasteiger charge is 2.80. The minimum atomic E-state index is -1.17. The SMILES string of the molecule is C=CCN(Cn1nnc2ccccc21)C(=O)C1N(CCCO)C(=O)[C@@H]2[C@@H](C(=O)N(CC=C)CCC)[C@]3(C)OC12CC3C. The topological polar surface area (TPSA) is 121 Å². The van der Waals surface area contributed by atoms with Gasteiger partial charge < -0.3 is 24.5 Å². The first-order chi connectivity index (χ1) is 20.2. The van der Waals surface area contributed by atoms with E-state index in [2.05, 4.69) is 23.5 Å². The maximum absolute atomic E-state index is 14.6. The molecule has 6 atom stereocenters. The summed E-state index contributed by atoms with van der Waals surface area (Å²) in [6.07, 6.45) is 4.87. The zero-order valence-electron chi connectivity index (χ0n) is 24.8. The molecule has 3 amide bonds. The van der Waals surface area contributed by atoms with Gasteiger partial charge in [0.2, 0.25) is 17.7 Å². The summed E-state index contributed by atoms with van der Waals surface area (Å²) >= 11 is 0. The number of benzene rings is 1. The van der Waals surface area contributed by atoms with Crippen LogP contribution in [-0.2, 0) is 25.8 Å². The zero-order valence-corrected chi connectivity index (χ0v) is 24.8. The van der Waals surface area contributed by atoms with Gasteiger partial charge in [0.1, 0.15) is 23.8 Å². The second kappa shape index (κ2) is 11.6. The van der Waals surface area contributed by atoms with E-state index in [0.29, 0.717) is 31.4 Å². The van der Waals surface area contributed by atoms with Gasteiger partial charge in [0.15, 0.2) is 0 Å². The smallest absolute Gasteiger partial charge is 0.250 e. The molecule has 0 radical (unpaired) electrons. The van der Waals surface area contributed by atoms with Crippen molar-refractivity contribution in [3.63, 3.8) is 0 Å². The van der Waals surface area contributed by atoms with Crippen LogP contribution in [0, 0.1) is 17.8 Å². The number of aliphatic hydroxyl groups is 1. The third kappa shape index (κ3) is 4.53. The fourth-order valence-corrected chi connectivity index (χ4v) is 7.52. The minimum absolute atomic E-state index is 0.0667. The Kier molecular flexibility index (Phi) is 8.26. The average molecular weight is 579 g/mol. The summed E-state index contributed by atoms with van der Waals surface area (Å²) < 4.78 is 8.52. The summed E-state index contributed by atoms with van der Waals surface area (Å²) in [4.78, 5) is 48.0. The van der Waals surface area contributed by atoms with Crippen molar-refractivity contribution in [3.05, 3.63) is 49.6 Å². The maximum atomic E-state index is 14.6. The van der Waals surface area contributed by atoms with E-state index < -0.39 is 29.1 Å². The lowest BCUT2D eigenvalue weighted by Crippen LogP contribution is -2.57. The molecular formula is C31H42N6O5. The Bertz CT molecular complexity index is 1380. The molecule has 42 heavy (non-hydrogen) atoms. The van der Waals surface area contributed by atoms with E-state index >= 15 is 0 Å². The van der Waals surface area contributed by atoms with E-state index in [1.54, 1.807) is 31.5 Å². The van der Waals surface area contributed by atoms with Crippen LogP contribution in [0.1, 0.15) is 40.0 Å². The van der Waals surface area contributed by atoms with Crippen molar-refractivity contribution < 1.29 is 24.2 Å². The molecule has 3 fully saturated rings. The van der Waals surface area contributed by atoms with Crippen LogP contribution in [0.3, 0.4) is 0 Å². The van der Waals surface area contributed by atoms with Crippen molar-refractivity contribution in [2.75, 3.05) is 32.8 Å². The highest BCUT2D eigenvalue weighted by molar-refractivity contribution is 5.99. The second-order valence-electron chi connectivity index (χ2n) is 12.0. The lowest BCUT2D eigenvalue weighted by Gasteiger charge is -2.39. The number of nitrogens with zero attached hydrogens (tertiary/aromatic N) is 6. The number of hydrogen-bond donors (Lipinski definition) is 1. The Labute approximate surface area is 246 Å². The van der Waals surface area contributed by atoms with Crippen molar-refractivity contribution in [1.29, 1.82) is 0 Å².